The Labute approximate surface area is 100 Å². The number of rotatable bonds is 5. The largest absolute Gasteiger partial charge is 0.481 e. The minimum Gasteiger partial charge on any atom is -0.481 e. The van der Waals surface area contributed by atoms with E-state index in [0.717, 1.165) is 0 Å². The lowest BCUT2D eigenvalue weighted by Gasteiger charge is -2.04. The maximum Gasteiger partial charge on any atom is 0.303 e. The van der Waals surface area contributed by atoms with Crippen LogP contribution < -0.4 is 0 Å². The van der Waals surface area contributed by atoms with E-state index in [-0.39, 0.29) is 10.9 Å². The number of carbonyl (C=O) groups is 1. The van der Waals surface area contributed by atoms with Gasteiger partial charge >= 0.3 is 5.97 Å². The Morgan fingerprint density at radius 2 is 2.00 bits per heavy atom. The fraction of sp³-hybridized carbons (Fsp3) is 0.364. The van der Waals surface area contributed by atoms with Crippen LogP contribution in [0.5, 0.6) is 0 Å². The molecule has 5 heteroatoms. The van der Waals surface area contributed by atoms with Crippen LogP contribution in [0.25, 0.3) is 0 Å². The van der Waals surface area contributed by atoms with E-state index in [9.17, 15) is 13.6 Å². The van der Waals surface area contributed by atoms with E-state index in [1.165, 1.54) is 12.1 Å². The van der Waals surface area contributed by atoms with Crippen molar-refractivity contribution in [1.29, 1.82) is 0 Å². The molecule has 16 heavy (non-hydrogen) atoms. The van der Waals surface area contributed by atoms with Crippen molar-refractivity contribution < 1.29 is 18.7 Å². The number of halogens is 3. The van der Waals surface area contributed by atoms with Crippen molar-refractivity contribution in [3.8, 4) is 0 Å². The third kappa shape index (κ3) is 3.56. The van der Waals surface area contributed by atoms with Crippen LogP contribution in [-0.4, -0.2) is 11.1 Å². The van der Waals surface area contributed by atoms with Gasteiger partial charge in [0.15, 0.2) is 0 Å². The summed E-state index contributed by atoms with van der Waals surface area (Å²) in [4.78, 5) is 10.2. The van der Waals surface area contributed by atoms with Crippen molar-refractivity contribution in [2.75, 3.05) is 0 Å². The molecule has 0 amide bonds. The number of unbranched alkanes of at least 4 members (excludes halogenated alkanes) is 1. The van der Waals surface area contributed by atoms with E-state index < -0.39 is 17.6 Å². The molecule has 0 radical (unpaired) electrons. The highest BCUT2D eigenvalue weighted by atomic mass is 79.9. The van der Waals surface area contributed by atoms with Gasteiger partial charge in [0.05, 0.1) is 4.47 Å². The summed E-state index contributed by atoms with van der Waals surface area (Å²) in [6.45, 7) is 0. The van der Waals surface area contributed by atoms with Gasteiger partial charge < -0.3 is 5.11 Å². The van der Waals surface area contributed by atoms with Crippen LogP contribution in [0.1, 0.15) is 24.8 Å². The molecule has 0 saturated heterocycles. The molecule has 1 rings (SSSR count). The Balaban J connectivity index is 2.55. The molecule has 0 unspecified atom stereocenters. The van der Waals surface area contributed by atoms with Gasteiger partial charge in [0, 0.05) is 6.42 Å². The zero-order chi connectivity index (χ0) is 12.1. The molecule has 0 spiro atoms. The summed E-state index contributed by atoms with van der Waals surface area (Å²) in [5, 5.41) is 8.41. The second-order valence-electron chi connectivity index (χ2n) is 3.44. The first-order valence-electron chi connectivity index (χ1n) is 4.86. The summed E-state index contributed by atoms with van der Waals surface area (Å²) >= 11 is 2.82. The normalized spacial score (nSPS) is 10.4. The molecule has 1 N–H and O–H groups in total. The van der Waals surface area contributed by atoms with Crippen LogP contribution in [0.15, 0.2) is 16.6 Å². The molecule has 0 aliphatic heterocycles. The van der Waals surface area contributed by atoms with Crippen LogP contribution in [0.3, 0.4) is 0 Å². The quantitative estimate of drug-likeness (QED) is 0.666. The van der Waals surface area contributed by atoms with Gasteiger partial charge in [0.2, 0.25) is 0 Å². The second kappa shape index (κ2) is 5.94. The molecule has 0 bridgehead atoms. The molecule has 0 aromatic heterocycles. The standard InChI is InChI=1S/C11H11BrF2O2/c12-10-8(13)6-5-7(11(10)14)3-1-2-4-9(15)16/h5-6H,1-4H2,(H,15,16). The van der Waals surface area contributed by atoms with E-state index in [4.69, 9.17) is 5.11 Å². The van der Waals surface area contributed by atoms with Gasteiger partial charge in [0.1, 0.15) is 11.6 Å². The van der Waals surface area contributed by atoms with Crippen LogP contribution >= 0.6 is 15.9 Å². The van der Waals surface area contributed by atoms with Crippen molar-refractivity contribution in [2.45, 2.75) is 25.7 Å². The van der Waals surface area contributed by atoms with Crippen LogP contribution in [0, 0.1) is 11.6 Å². The predicted molar refractivity (Wildman–Crippen MR) is 59.2 cm³/mol. The highest BCUT2D eigenvalue weighted by molar-refractivity contribution is 9.10. The van der Waals surface area contributed by atoms with E-state index in [1.54, 1.807) is 0 Å². The third-order valence-electron chi connectivity index (χ3n) is 2.20. The SMILES string of the molecule is O=C(O)CCCCc1ccc(F)c(Br)c1F. The lowest BCUT2D eigenvalue weighted by atomic mass is 10.1. The van der Waals surface area contributed by atoms with Gasteiger partial charge in [-0.1, -0.05) is 6.07 Å². The lowest BCUT2D eigenvalue weighted by molar-refractivity contribution is -0.137. The molecular weight excluding hydrogens is 282 g/mol. The number of aryl methyl sites for hydroxylation is 1. The first-order chi connectivity index (χ1) is 7.52. The van der Waals surface area contributed by atoms with Gasteiger partial charge in [0.25, 0.3) is 0 Å². The molecule has 1 aromatic carbocycles. The van der Waals surface area contributed by atoms with Gasteiger partial charge in [-0.05, 0) is 46.8 Å². The molecular formula is C11H11BrF2O2. The second-order valence-corrected chi connectivity index (χ2v) is 4.23. The van der Waals surface area contributed by atoms with Crippen molar-refractivity contribution in [1.82, 2.24) is 0 Å². The van der Waals surface area contributed by atoms with Crippen molar-refractivity contribution in [2.24, 2.45) is 0 Å². The number of hydrogen-bond acceptors (Lipinski definition) is 1. The third-order valence-corrected chi connectivity index (χ3v) is 2.93. The highest BCUT2D eigenvalue weighted by Gasteiger charge is 2.10. The molecule has 1 aromatic rings. The minimum atomic E-state index is -0.860. The number of hydrogen-bond donors (Lipinski definition) is 1. The maximum atomic E-state index is 13.4. The molecule has 0 aliphatic carbocycles. The molecule has 2 nitrogen and oxygen atoms in total. The van der Waals surface area contributed by atoms with Crippen LogP contribution in [-0.2, 0) is 11.2 Å². The smallest absolute Gasteiger partial charge is 0.303 e. The number of benzene rings is 1. The number of aliphatic carboxylic acids is 1. The number of carboxylic acids is 1. The zero-order valence-electron chi connectivity index (χ0n) is 8.47. The van der Waals surface area contributed by atoms with Crippen molar-refractivity contribution in [3.05, 3.63) is 33.8 Å². The fourth-order valence-electron chi connectivity index (χ4n) is 1.35. The Morgan fingerprint density at radius 1 is 1.31 bits per heavy atom. The average Bonchev–Trinajstić information content (AvgIpc) is 2.23. The van der Waals surface area contributed by atoms with Gasteiger partial charge in [-0.15, -0.1) is 0 Å². The summed E-state index contributed by atoms with van der Waals surface area (Å²) in [6.07, 6.45) is 1.55. The van der Waals surface area contributed by atoms with Gasteiger partial charge in [-0.2, -0.15) is 0 Å². The van der Waals surface area contributed by atoms with Crippen molar-refractivity contribution in [3.63, 3.8) is 0 Å². The van der Waals surface area contributed by atoms with Crippen LogP contribution in [0.4, 0.5) is 8.78 Å². The Bertz CT molecular complexity index is 394. The summed E-state index contributed by atoms with van der Waals surface area (Å²) in [5.74, 6) is -2.09. The summed E-state index contributed by atoms with van der Waals surface area (Å²) in [6, 6.07) is 2.58. The summed E-state index contributed by atoms with van der Waals surface area (Å²) in [7, 11) is 0. The van der Waals surface area contributed by atoms with Crippen molar-refractivity contribution >= 4 is 21.9 Å². The topological polar surface area (TPSA) is 37.3 Å². The lowest BCUT2D eigenvalue weighted by Crippen LogP contribution is -1.97. The predicted octanol–water partition coefficient (Wildman–Crippen LogP) is 3.52. The Kier molecular flexibility index (Phi) is 4.86. The molecule has 0 heterocycles. The zero-order valence-corrected chi connectivity index (χ0v) is 10.1. The molecule has 0 saturated carbocycles. The summed E-state index contributed by atoms with van der Waals surface area (Å²) < 4.78 is 26.2. The first-order valence-corrected chi connectivity index (χ1v) is 5.66. The molecule has 0 aliphatic rings. The highest BCUT2D eigenvalue weighted by Crippen LogP contribution is 2.23. The molecule has 88 valence electrons. The first kappa shape index (κ1) is 13.1. The van der Waals surface area contributed by atoms with E-state index >= 15 is 0 Å². The monoisotopic (exact) mass is 292 g/mol. The maximum absolute atomic E-state index is 13.4. The minimum absolute atomic E-state index is 0.0734. The van der Waals surface area contributed by atoms with E-state index in [2.05, 4.69) is 15.9 Å². The average molecular weight is 293 g/mol. The molecule has 0 fully saturated rings. The van der Waals surface area contributed by atoms with E-state index in [1.807, 2.05) is 0 Å². The fourth-order valence-corrected chi connectivity index (χ4v) is 1.74. The summed E-state index contributed by atoms with van der Waals surface area (Å²) in [5.41, 5.74) is 0.402. The Hall–Kier alpha value is -0.970. The van der Waals surface area contributed by atoms with Gasteiger partial charge in [-0.3, -0.25) is 4.79 Å². The van der Waals surface area contributed by atoms with Crippen LogP contribution in [0.2, 0.25) is 0 Å². The molecule has 0 atom stereocenters. The van der Waals surface area contributed by atoms with E-state index in [0.29, 0.717) is 24.8 Å². The van der Waals surface area contributed by atoms with Gasteiger partial charge in [-0.25, -0.2) is 8.78 Å². The number of carboxylic acid groups (broad SMARTS) is 1. The Morgan fingerprint density at radius 3 is 2.62 bits per heavy atom.